The van der Waals surface area contributed by atoms with Crippen molar-refractivity contribution in [3.63, 3.8) is 0 Å². The van der Waals surface area contributed by atoms with Crippen molar-refractivity contribution in [3.8, 4) is 58.2 Å². The quantitative estimate of drug-likeness (QED) is 0.0161. The molecule has 0 radical (unpaired) electrons. The Labute approximate surface area is 839 Å². The van der Waals surface area contributed by atoms with E-state index in [-0.39, 0.29) is 11.6 Å². The zero-order valence-electron chi connectivity index (χ0n) is 87.5. The Kier molecular flexibility index (Phi) is 63.7. The molecule has 0 aliphatic carbocycles. The van der Waals surface area contributed by atoms with E-state index in [2.05, 4.69) is 114 Å². The molecule has 6 aromatic carbocycles. The van der Waals surface area contributed by atoms with Crippen LogP contribution in [0.15, 0.2) is 97.1 Å². The fraction of sp³-hybridized carbons (Fsp3) is 0.667. The summed E-state index contributed by atoms with van der Waals surface area (Å²) in [6.45, 7) is 17.2. The van der Waals surface area contributed by atoms with Gasteiger partial charge in [0.15, 0.2) is 23.0 Å². The zero-order chi connectivity index (χ0) is 95.7. The Morgan fingerprint density at radius 2 is 0.404 bits per heavy atom. The van der Waals surface area contributed by atoms with Crippen LogP contribution < -0.4 is 28.4 Å². The number of thiophene rings is 2. The molecule has 2 aromatic heterocycles. The van der Waals surface area contributed by atoms with Crippen LogP contribution in [0.25, 0.3) is 32.3 Å². The lowest BCUT2D eigenvalue weighted by atomic mass is 9.90. The molecule has 2 heterocycles. The van der Waals surface area contributed by atoms with Gasteiger partial charge in [-0.3, -0.25) is 9.59 Å². The van der Waals surface area contributed by atoms with Crippen molar-refractivity contribution in [2.24, 2.45) is 0 Å². The standard InChI is InChI=1S/C126H190O8S2/c1-7-13-19-25-31-37-43-49-55-61-67-73-95-129-115-101-109(102-116(130-96-74-68-62-56-50-44-38-32-26-20-14-8-2)125(115)133-99-77-71-65-59-53-47-41-35-29-23-17-11-5)123(127)119-93-89-111(135-119)87-83-105-79-81-107-86-92-114-106(80-82-108-85-91-113(105)121(107)122(108)114)84-88-112-90-94-120(136-112)124(128)110-103-117(131-97-75-69-63-57-51-45-39-33-27-21-15-9-3)126(134-100-78-72-66-60-54-48-42-36-30-24-18-12-6)118(104-110)132-98-76-70-64-58-52-46-40-34-28-22-16-10-4/h79-82,85-86,89-94,101-104H,7-78,95-100H2,1-6H3. The van der Waals surface area contributed by atoms with Gasteiger partial charge in [-0.15, -0.1) is 22.7 Å². The predicted octanol–water partition coefficient (Wildman–Crippen LogP) is 40.4. The van der Waals surface area contributed by atoms with Crippen LogP contribution in [0.1, 0.15) is 555 Å². The third-order valence-electron chi connectivity index (χ3n) is 28.0. The first kappa shape index (κ1) is 114. The van der Waals surface area contributed by atoms with E-state index in [0.29, 0.717) is 95.0 Å². The van der Waals surface area contributed by atoms with Crippen molar-refractivity contribution in [1.29, 1.82) is 0 Å². The van der Waals surface area contributed by atoms with Crippen LogP contribution in [-0.4, -0.2) is 51.2 Å². The lowest BCUT2D eigenvalue weighted by Crippen LogP contribution is -2.09. The summed E-state index contributed by atoms with van der Waals surface area (Å²) in [4.78, 5) is 33.0. The van der Waals surface area contributed by atoms with Gasteiger partial charge in [-0.1, -0.05) is 525 Å². The first-order chi connectivity index (χ1) is 67.3. The van der Waals surface area contributed by atoms with Crippen LogP contribution in [0.5, 0.6) is 34.5 Å². The van der Waals surface area contributed by atoms with Crippen LogP contribution in [0, 0.1) is 23.7 Å². The summed E-state index contributed by atoms with van der Waals surface area (Å²) < 4.78 is 40.8. The topological polar surface area (TPSA) is 89.5 Å². The molecular formula is C126H190O8S2. The van der Waals surface area contributed by atoms with Gasteiger partial charge in [0.1, 0.15) is 0 Å². The molecule has 0 aliphatic rings. The van der Waals surface area contributed by atoms with Gasteiger partial charge in [-0.25, -0.2) is 0 Å². The van der Waals surface area contributed by atoms with Gasteiger partial charge >= 0.3 is 0 Å². The minimum Gasteiger partial charge on any atom is -0.490 e. The van der Waals surface area contributed by atoms with Crippen molar-refractivity contribution >= 4 is 66.6 Å². The molecule has 0 fully saturated rings. The molecule has 0 saturated heterocycles. The zero-order valence-corrected chi connectivity index (χ0v) is 89.1. The van der Waals surface area contributed by atoms with Gasteiger partial charge in [-0.2, -0.15) is 0 Å². The molecule has 8 rings (SSSR count). The molecule has 10 heteroatoms. The maximum atomic E-state index is 15.1. The Morgan fingerprint density at radius 3 is 0.618 bits per heavy atom. The van der Waals surface area contributed by atoms with Crippen molar-refractivity contribution in [3.05, 3.63) is 139 Å². The van der Waals surface area contributed by atoms with Crippen molar-refractivity contribution in [2.75, 3.05) is 39.6 Å². The van der Waals surface area contributed by atoms with Crippen LogP contribution in [0.4, 0.5) is 0 Å². The summed E-state index contributed by atoms with van der Waals surface area (Å²) in [6, 6.07) is 33.0. The molecule has 136 heavy (non-hydrogen) atoms. The van der Waals surface area contributed by atoms with E-state index >= 15 is 9.59 Å². The largest absolute Gasteiger partial charge is 0.490 e. The molecule has 8 aromatic rings. The highest BCUT2D eigenvalue weighted by atomic mass is 32.1. The molecule has 0 saturated carbocycles. The number of carbonyl (C=O) groups is 2. The molecule has 0 bridgehead atoms. The number of hydrogen-bond acceptors (Lipinski definition) is 10. The highest BCUT2D eigenvalue weighted by Gasteiger charge is 2.25. The third-order valence-corrected chi connectivity index (χ3v) is 30.0. The SMILES string of the molecule is CCCCCCCCCCCCCCOc1cc(C(=O)c2ccc(C#Cc3ccc4ccc5c(C#Cc6ccc(C(=O)c7cc(OCCCCCCCCCCCCCC)c(OCCCCCCCCCCCCCC)c(OCCCCCCCCCCCCCC)c7)s6)ccc6ccc3c4c65)s2)cc(OCCCCCCCCCCCCCC)c1OCCCCCCCCCCCCCC. The van der Waals surface area contributed by atoms with Gasteiger partial charge in [-0.05, 0) is 132 Å². The van der Waals surface area contributed by atoms with Gasteiger partial charge in [0.2, 0.25) is 23.1 Å². The van der Waals surface area contributed by atoms with Crippen LogP contribution in [0.3, 0.4) is 0 Å². The summed E-state index contributed by atoms with van der Waals surface area (Å²) in [5.74, 6) is 17.8. The predicted molar refractivity (Wildman–Crippen MR) is 590 cm³/mol. The monoisotopic (exact) mass is 1900 g/mol. The molecule has 0 atom stereocenters. The molecule has 0 unspecified atom stereocenters. The maximum absolute atomic E-state index is 15.1. The Morgan fingerprint density at radius 1 is 0.213 bits per heavy atom. The summed E-state index contributed by atoms with van der Waals surface area (Å²) in [5.41, 5.74) is 2.93. The van der Waals surface area contributed by atoms with Crippen LogP contribution in [0.2, 0.25) is 0 Å². The molecule has 0 N–H and O–H groups in total. The number of hydrogen-bond donors (Lipinski definition) is 0. The van der Waals surface area contributed by atoms with E-state index in [1.807, 2.05) is 48.5 Å². The van der Waals surface area contributed by atoms with Gasteiger partial charge in [0.05, 0.1) is 59.1 Å². The number of ketones is 2. The molecule has 0 amide bonds. The first-order valence-corrected chi connectivity index (χ1v) is 59.1. The van der Waals surface area contributed by atoms with E-state index in [0.717, 1.165) is 130 Å². The molecule has 754 valence electrons. The van der Waals surface area contributed by atoms with E-state index in [4.69, 9.17) is 28.4 Å². The molecule has 0 aliphatic heterocycles. The van der Waals surface area contributed by atoms with Gasteiger partial charge < -0.3 is 28.4 Å². The summed E-state index contributed by atoms with van der Waals surface area (Å²) >= 11 is 2.88. The Hall–Kier alpha value is -6.98. The molecule has 8 nitrogen and oxygen atoms in total. The Balaban J connectivity index is 0.984. The average molecular weight is 1900 g/mol. The summed E-state index contributed by atoms with van der Waals surface area (Å²) in [6.07, 6.45) is 92.0. The average Bonchev–Trinajstić information content (AvgIpc) is 0.803. The van der Waals surface area contributed by atoms with Crippen molar-refractivity contribution < 1.29 is 38.0 Å². The molecule has 0 spiro atoms. The first-order valence-electron chi connectivity index (χ1n) is 57.4. The van der Waals surface area contributed by atoms with Crippen LogP contribution in [-0.2, 0) is 0 Å². The smallest absolute Gasteiger partial charge is 0.203 e. The van der Waals surface area contributed by atoms with E-state index in [9.17, 15) is 0 Å². The van der Waals surface area contributed by atoms with Crippen molar-refractivity contribution in [2.45, 2.75) is 504 Å². The van der Waals surface area contributed by atoms with E-state index < -0.39 is 0 Å². The highest BCUT2D eigenvalue weighted by molar-refractivity contribution is 7.15. The number of rotatable bonds is 88. The third kappa shape index (κ3) is 47.1. The molecular weight excluding hydrogens is 1710 g/mol. The fourth-order valence-corrected chi connectivity index (χ4v) is 21.1. The van der Waals surface area contributed by atoms with E-state index in [1.165, 1.54) is 408 Å². The number of unbranched alkanes of at least 4 members (excludes halogenated alkanes) is 66. The number of carbonyl (C=O) groups excluding carboxylic acids is 2. The summed E-state index contributed by atoms with van der Waals surface area (Å²) in [7, 11) is 0. The number of ether oxygens (including phenoxy) is 6. The fourth-order valence-electron chi connectivity index (χ4n) is 19.5. The second-order valence-electron chi connectivity index (χ2n) is 40.2. The lowest BCUT2D eigenvalue weighted by Gasteiger charge is -2.19. The van der Waals surface area contributed by atoms with E-state index in [1.54, 1.807) is 0 Å². The lowest BCUT2D eigenvalue weighted by molar-refractivity contribution is 0.103. The minimum atomic E-state index is -0.0731. The second kappa shape index (κ2) is 75.8. The maximum Gasteiger partial charge on any atom is 0.203 e. The number of benzene rings is 6. The normalized spacial score (nSPS) is 11.5. The summed E-state index contributed by atoms with van der Waals surface area (Å²) in [5, 5.41) is 6.74. The Bertz CT molecular complexity index is 4130. The van der Waals surface area contributed by atoms with Crippen LogP contribution >= 0.6 is 22.7 Å². The van der Waals surface area contributed by atoms with Gasteiger partial charge in [0.25, 0.3) is 0 Å². The minimum absolute atomic E-state index is 0.0731. The second-order valence-corrected chi connectivity index (χ2v) is 42.3. The highest BCUT2D eigenvalue weighted by Crippen LogP contribution is 2.44. The van der Waals surface area contributed by atoms with Gasteiger partial charge in [0, 0.05) is 22.3 Å². The van der Waals surface area contributed by atoms with Crippen molar-refractivity contribution in [1.82, 2.24) is 0 Å².